The van der Waals surface area contributed by atoms with E-state index in [9.17, 15) is 18.0 Å². The van der Waals surface area contributed by atoms with E-state index >= 15 is 0 Å². The van der Waals surface area contributed by atoms with Crippen molar-refractivity contribution in [3.8, 4) is 16.9 Å². The zero-order valence-corrected chi connectivity index (χ0v) is 21.6. The number of nitrogens with one attached hydrogen (secondary N) is 1. The lowest BCUT2D eigenvalue weighted by molar-refractivity contribution is -0.142. The molecule has 0 bridgehead atoms. The summed E-state index contributed by atoms with van der Waals surface area (Å²) >= 11 is 0. The lowest BCUT2D eigenvalue weighted by Crippen LogP contribution is -2.23. The molecule has 0 spiro atoms. The van der Waals surface area contributed by atoms with Gasteiger partial charge in [0.1, 0.15) is 0 Å². The number of anilines is 1. The van der Waals surface area contributed by atoms with Crippen molar-refractivity contribution in [3.63, 3.8) is 0 Å². The number of ether oxygens (including phenoxy) is 1. The molecular formula is C28H26N4O5S. The molecule has 0 aliphatic carbocycles. The summed E-state index contributed by atoms with van der Waals surface area (Å²) in [5.41, 5.74) is 3.40. The maximum absolute atomic E-state index is 12.4. The molecule has 10 heteroatoms. The van der Waals surface area contributed by atoms with Gasteiger partial charge in [0.05, 0.1) is 16.3 Å². The number of rotatable bonds is 9. The Balaban J connectivity index is 1.43. The summed E-state index contributed by atoms with van der Waals surface area (Å²) in [5, 5.41) is 7.23. The van der Waals surface area contributed by atoms with E-state index in [-0.39, 0.29) is 10.6 Å². The summed E-state index contributed by atoms with van der Waals surface area (Å²) in [6.07, 6.45) is 4.63. The number of para-hydroxylation sites is 1. The molecule has 38 heavy (non-hydrogen) atoms. The molecule has 1 heterocycles. The first-order chi connectivity index (χ1) is 18.2. The largest absolute Gasteiger partial charge is 0.452 e. The van der Waals surface area contributed by atoms with Crippen LogP contribution in [0.5, 0.6) is 0 Å². The number of benzene rings is 3. The smallest absolute Gasteiger partial charge is 0.331 e. The van der Waals surface area contributed by atoms with Gasteiger partial charge in [-0.15, -0.1) is 0 Å². The highest BCUT2D eigenvalue weighted by Gasteiger charge is 2.18. The molecule has 1 aromatic heterocycles. The van der Waals surface area contributed by atoms with Crippen LogP contribution in [0.1, 0.15) is 5.56 Å². The van der Waals surface area contributed by atoms with Crippen molar-refractivity contribution in [1.82, 2.24) is 14.1 Å². The number of carbonyl (C=O) groups is 2. The highest BCUT2D eigenvalue weighted by molar-refractivity contribution is 7.89. The number of aromatic nitrogens is 2. The third-order valence-corrected chi connectivity index (χ3v) is 7.26. The van der Waals surface area contributed by atoms with Gasteiger partial charge in [-0.3, -0.25) is 4.79 Å². The Kier molecular flexibility index (Phi) is 8.15. The number of amides is 1. The van der Waals surface area contributed by atoms with Gasteiger partial charge in [-0.05, 0) is 36.4 Å². The second-order valence-electron chi connectivity index (χ2n) is 8.38. The Morgan fingerprint density at radius 1 is 0.974 bits per heavy atom. The van der Waals surface area contributed by atoms with Crippen LogP contribution in [0.25, 0.3) is 23.0 Å². The SMILES string of the molecule is CN(C)S(=O)(=O)c1cccc(NC(=O)COC(=O)C=Cc2cn(-c3ccccc3)nc2-c2ccccc2)c1. The van der Waals surface area contributed by atoms with Gasteiger partial charge in [0, 0.05) is 43.2 Å². The average molecular weight is 531 g/mol. The van der Waals surface area contributed by atoms with Crippen molar-refractivity contribution in [1.29, 1.82) is 0 Å². The van der Waals surface area contributed by atoms with E-state index in [2.05, 4.69) is 10.4 Å². The molecule has 0 aliphatic rings. The third-order valence-electron chi connectivity index (χ3n) is 5.45. The Labute approximate surface area is 221 Å². The molecule has 0 atom stereocenters. The van der Waals surface area contributed by atoms with Crippen LogP contribution in [-0.2, 0) is 24.3 Å². The summed E-state index contributed by atoms with van der Waals surface area (Å²) in [4.78, 5) is 24.7. The van der Waals surface area contributed by atoms with Crippen molar-refractivity contribution < 1.29 is 22.7 Å². The van der Waals surface area contributed by atoms with Crippen molar-refractivity contribution in [2.24, 2.45) is 0 Å². The van der Waals surface area contributed by atoms with Crippen LogP contribution >= 0.6 is 0 Å². The lowest BCUT2D eigenvalue weighted by Gasteiger charge is -2.12. The fraction of sp³-hybridized carbons (Fsp3) is 0.107. The van der Waals surface area contributed by atoms with Gasteiger partial charge in [0.25, 0.3) is 5.91 Å². The highest BCUT2D eigenvalue weighted by Crippen LogP contribution is 2.25. The molecule has 4 aromatic rings. The Morgan fingerprint density at radius 3 is 2.34 bits per heavy atom. The van der Waals surface area contributed by atoms with E-state index < -0.39 is 28.5 Å². The first-order valence-electron chi connectivity index (χ1n) is 11.6. The molecule has 0 radical (unpaired) electrons. The lowest BCUT2D eigenvalue weighted by atomic mass is 10.1. The predicted molar refractivity (Wildman–Crippen MR) is 145 cm³/mol. The van der Waals surface area contributed by atoms with Gasteiger partial charge in [-0.1, -0.05) is 54.6 Å². The first-order valence-corrected chi connectivity index (χ1v) is 13.1. The van der Waals surface area contributed by atoms with Crippen molar-refractivity contribution in [2.45, 2.75) is 4.90 Å². The van der Waals surface area contributed by atoms with E-state index in [1.54, 1.807) is 16.8 Å². The molecule has 0 unspecified atom stereocenters. The Morgan fingerprint density at radius 2 is 1.66 bits per heavy atom. The van der Waals surface area contributed by atoms with Crippen LogP contribution < -0.4 is 5.32 Å². The fourth-order valence-corrected chi connectivity index (χ4v) is 4.48. The molecule has 0 aliphatic heterocycles. The minimum atomic E-state index is -3.65. The maximum atomic E-state index is 12.4. The van der Waals surface area contributed by atoms with Gasteiger partial charge in [0.2, 0.25) is 10.0 Å². The van der Waals surface area contributed by atoms with E-state index in [1.807, 2.05) is 66.9 Å². The summed E-state index contributed by atoms with van der Waals surface area (Å²) in [5.74, 6) is -1.32. The summed E-state index contributed by atoms with van der Waals surface area (Å²) < 4.78 is 32.5. The van der Waals surface area contributed by atoms with Crippen molar-refractivity contribution >= 4 is 33.7 Å². The quantitative estimate of drug-likeness (QED) is 0.259. The normalized spacial score (nSPS) is 11.6. The Bertz CT molecular complexity index is 1560. The molecule has 0 fully saturated rings. The van der Waals surface area contributed by atoms with Gasteiger partial charge in [0.15, 0.2) is 6.61 Å². The number of esters is 1. The molecular weight excluding hydrogens is 504 g/mol. The van der Waals surface area contributed by atoms with E-state index in [1.165, 1.54) is 38.4 Å². The number of hydrogen-bond donors (Lipinski definition) is 1. The van der Waals surface area contributed by atoms with Crippen molar-refractivity contribution in [2.75, 3.05) is 26.0 Å². The third kappa shape index (κ3) is 6.41. The summed E-state index contributed by atoms with van der Waals surface area (Å²) in [6.45, 7) is -0.539. The summed E-state index contributed by atoms with van der Waals surface area (Å²) in [6, 6.07) is 25.0. The minimum absolute atomic E-state index is 0.0329. The molecule has 9 nitrogen and oxygen atoms in total. The number of hydrogen-bond acceptors (Lipinski definition) is 6. The van der Waals surface area contributed by atoms with Crippen LogP contribution in [0.4, 0.5) is 5.69 Å². The van der Waals surface area contributed by atoms with Gasteiger partial charge < -0.3 is 10.1 Å². The van der Waals surface area contributed by atoms with E-state index in [0.29, 0.717) is 11.3 Å². The number of carbonyl (C=O) groups excluding carboxylic acids is 2. The monoisotopic (exact) mass is 530 g/mol. The van der Waals surface area contributed by atoms with Gasteiger partial charge >= 0.3 is 5.97 Å². The predicted octanol–water partition coefficient (Wildman–Crippen LogP) is 3.98. The molecule has 1 N–H and O–H groups in total. The zero-order valence-electron chi connectivity index (χ0n) is 20.8. The zero-order chi connectivity index (χ0) is 27.1. The second kappa shape index (κ2) is 11.7. The molecule has 0 saturated heterocycles. The molecule has 1 amide bonds. The Hall–Kier alpha value is -4.54. The molecule has 0 saturated carbocycles. The van der Waals surface area contributed by atoms with Crippen LogP contribution in [0, 0.1) is 0 Å². The average Bonchev–Trinajstić information content (AvgIpc) is 3.36. The standard InChI is InChI=1S/C28H26N4O5S/c1-31(2)38(35,36)25-15-9-12-23(18-25)29-26(33)20-37-27(34)17-16-22-19-32(24-13-7-4-8-14-24)30-28(22)21-10-5-3-6-11-21/h3-19H,20H2,1-2H3,(H,29,33). The van der Waals surface area contributed by atoms with Crippen LogP contribution in [0.15, 0.2) is 102 Å². The van der Waals surface area contributed by atoms with E-state index in [4.69, 9.17) is 4.74 Å². The first kappa shape index (κ1) is 26.5. The van der Waals surface area contributed by atoms with Crippen LogP contribution in [0.2, 0.25) is 0 Å². The number of nitrogens with zero attached hydrogens (tertiary/aromatic N) is 3. The molecule has 4 rings (SSSR count). The second-order valence-corrected chi connectivity index (χ2v) is 10.5. The topological polar surface area (TPSA) is 111 Å². The van der Waals surface area contributed by atoms with Crippen molar-refractivity contribution in [3.05, 3.63) is 103 Å². The maximum Gasteiger partial charge on any atom is 0.331 e. The van der Waals surface area contributed by atoms with Crippen LogP contribution in [-0.4, -0.2) is 55.1 Å². The number of sulfonamides is 1. The molecule has 3 aromatic carbocycles. The highest BCUT2D eigenvalue weighted by atomic mass is 32.2. The minimum Gasteiger partial charge on any atom is -0.452 e. The van der Waals surface area contributed by atoms with E-state index in [0.717, 1.165) is 15.6 Å². The summed E-state index contributed by atoms with van der Waals surface area (Å²) in [7, 11) is -0.814. The van der Waals surface area contributed by atoms with Gasteiger partial charge in [-0.25, -0.2) is 22.2 Å². The fourth-order valence-electron chi connectivity index (χ4n) is 3.53. The van der Waals surface area contributed by atoms with Crippen LogP contribution in [0.3, 0.4) is 0 Å². The molecule has 194 valence electrons. The van der Waals surface area contributed by atoms with Gasteiger partial charge in [-0.2, -0.15) is 5.10 Å².